The third-order valence-corrected chi connectivity index (χ3v) is 5.59. The molecule has 1 aliphatic heterocycles. The summed E-state index contributed by atoms with van der Waals surface area (Å²) in [4.78, 5) is 40.7. The van der Waals surface area contributed by atoms with Crippen LogP contribution in [-0.2, 0) is 15.0 Å². The first-order valence-electron chi connectivity index (χ1n) is 9.88. The molecule has 2 heterocycles. The first-order chi connectivity index (χ1) is 14.7. The molecule has 0 spiro atoms. The molecule has 2 atom stereocenters. The number of ketones is 2. The Labute approximate surface area is 184 Å². The molecule has 6 nitrogen and oxygen atoms in total. The summed E-state index contributed by atoms with van der Waals surface area (Å²) in [6.07, 6.45) is 0. The molecule has 1 fully saturated rings. The van der Waals surface area contributed by atoms with Crippen LogP contribution < -0.4 is 4.90 Å². The molecule has 0 bridgehead atoms. The highest BCUT2D eigenvalue weighted by atomic mass is 35.5. The van der Waals surface area contributed by atoms with Gasteiger partial charge in [-0.1, -0.05) is 80.0 Å². The maximum absolute atomic E-state index is 13.3. The maximum Gasteiger partial charge on any atom is 0.297 e. The highest BCUT2D eigenvalue weighted by Crippen LogP contribution is 2.42. The number of carbonyl (C=O) groups excluding carboxylic acids is 3. The SMILES string of the molecule is CC(C)(C)c1cc(N2C(=O)C(=O)C(C(=O)c3ccccc3)C2c2ccc(Cl)cc2)no1. The molecule has 0 N–H and O–H groups in total. The van der Waals surface area contributed by atoms with Gasteiger partial charge >= 0.3 is 0 Å². The molecule has 1 aromatic heterocycles. The highest BCUT2D eigenvalue weighted by molar-refractivity contribution is 6.48. The van der Waals surface area contributed by atoms with Crippen LogP contribution in [-0.4, -0.2) is 22.6 Å². The summed E-state index contributed by atoms with van der Waals surface area (Å²) in [6.45, 7) is 5.85. The molecule has 1 aliphatic rings. The van der Waals surface area contributed by atoms with E-state index < -0.39 is 29.4 Å². The number of anilines is 1. The smallest absolute Gasteiger partial charge is 0.297 e. The molecular formula is C24H21ClN2O4. The number of hydrogen-bond donors (Lipinski definition) is 0. The summed E-state index contributed by atoms with van der Waals surface area (Å²) in [6, 6.07) is 16.0. The zero-order chi connectivity index (χ0) is 22.3. The van der Waals surface area contributed by atoms with Crippen molar-refractivity contribution in [3.05, 3.63) is 82.6 Å². The molecule has 7 heteroatoms. The van der Waals surface area contributed by atoms with Gasteiger partial charge < -0.3 is 4.52 Å². The average molecular weight is 437 g/mol. The molecule has 158 valence electrons. The number of benzene rings is 2. The van der Waals surface area contributed by atoms with Crippen molar-refractivity contribution in [1.82, 2.24) is 5.16 Å². The summed E-state index contributed by atoms with van der Waals surface area (Å²) in [5, 5.41) is 4.56. The van der Waals surface area contributed by atoms with Crippen molar-refractivity contribution in [1.29, 1.82) is 0 Å². The van der Waals surface area contributed by atoms with Crippen molar-refractivity contribution in [3.63, 3.8) is 0 Å². The largest absolute Gasteiger partial charge is 0.359 e. The third-order valence-electron chi connectivity index (χ3n) is 5.34. The Morgan fingerprint density at radius 2 is 1.68 bits per heavy atom. The Morgan fingerprint density at radius 1 is 1.03 bits per heavy atom. The molecule has 2 unspecified atom stereocenters. The maximum atomic E-state index is 13.3. The molecule has 0 aliphatic carbocycles. The average Bonchev–Trinajstić information content (AvgIpc) is 3.33. The van der Waals surface area contributed by atoms with E-state index in [1.54, 1.807) is 60.7 Å². The number of Topliss-reactive ketones (excluding diaryl/α,β-unsaturated/α-hetero) is 2. The van der Waals surface area contributed by atoms with Gasteiger partial charge in [0.05, 0.1) is 6.04 Å². The Balaban J connectivity index is 1.84. The molecule has 0 radical (unpaired) electrons. The highest BCUT2D eigenvalue weighted by Gasteiger charge is 2.53. The van der Waals surface area contributed by atoms with Gasteiger partial charge in [-0.3, -0.25) is 19.3 Å². The van der Waals surface area contributed by atoms with Gasteiger partial charge in [-0.05, 0) is 17.7 Å². The van der Waals surface area contributed by atoms with E-state index in [2.05, 4.69) is 5.16 Å². The fourth-order valence-corrected chi connectivity index (χ4v) is 3.82. The summed E-state index contributed by atoms with van der Waals surface area (Å²) in [5.74, 6) is -2.41. The number of rotatable bonds is 4. The Bertz CT molecular complexity index is 1150. The second-order valence-electron chi connectivity index (χ2n) is 8.54. The van der Waals surface area contributed by atoms with E-state index in [1.165, 1.54) is 4.90 Å². The summed E-state index contributed by atoms with van der Waals surface area (Å²) >= 11 is 6.04. The number of halogens is 1. The van der Waals surface area contributed by atoms with E-state index in [0.29, 0.717) is 21.9 Å². The lowest BCUT2D eigenvalue weighted by atomic mass is 9.86. The van der Waals surface area contributed by atoms with E-state index in [4.69, 9.17) is 16.1 Å². The van der Waals surface area contributed by atoms with Crippen molar-refractivity contribution in [2.24, 2.45) is 5.92 Å². The predicted octanol–water partition coefficient (Wildman–Crippen LogP) is 4.78. The minimum Gasteiger partial charge on any atom is -0.359 e. The van der Waals surface area contributed by atoms with E-state index in [9.17, 15) is 14.4 Å². The molecule has 1 amide bonds. The van der Waals surface area contributed by atoms with Crippen LogP contribution in [0.1, 0.15) is 48.5 Å². The van der Waals surface area contributed by atoms with Crippen LogP contribution in [0.2, 0.25) is 5.02 Å². The second-order valence-corrected chi connectivity index (χ2v) is 8.98. The third kappa shape index (κ3) is 3.79. The van der Waals surface area contributed by atoms with E-state index in [1.807, 2.05) is 20.8 Å². The summed E-state index contributed by atoms with van der Waals surface area (Å²) < 4.78 is 5.45. The zero-order valence-electron chi connectivity index (χ0n) is 17.3. The van der Waals surface area contributed by atoms with Crippen molar-refractivity contribution in [3.8, 4) is 0 Å². The lowest BCUT2D eigenvalue weighted by Crippen LogP contribution is -2.31. The van der Waals surface area contributed by atoms with Gasteiger partial charge in [0.2, 0.25) is 5.78 Å². The van der Waals surface area contributed by atoms with Crippen LogP contribution >= 0.6 is 11.6 Å². The Morgan fingerprint density at radius 3 is 2.26 bits per heavy atom. The van der Waals surface area contributed by atoms with Crippen LogP contribution in [0, 0.1) is 5.92 Å². The fraction of sp³-hybridized carbons (Fsp3) is 0.250. The van der Waals surface area contributed by atoms with Gasteiger partial charge in [0, 0.05) is 22.1 Å². The minimum atomic E-state index is -1.20. The van der Waals surface area contributed by atoms with E-state index >= 15 is 0 Å². The topological polar surface area (TPSA) is 80.5 Å². The monoisotopic (exact) mass is 436 g/mol. The number of carbonyl (C=O) groups is 3. The fourth-order valence-electron chi connectivity index (χ4n) is 3.70. The molecule has 1 saturated heterocycles. The van der Waals surface area contributed by atoms with Gasteiger partial charge in [0.15, 0.2) is 11.6 Å². The Kier molecular flexibility index (Phi) is 5.27. The van der Waals surface area contributed by atoms with Crippen molar-refractivity contribution >= 4 is 34.9 Å². The van der Waals surface area contributed by atoms with E-state index in [0.717, 1.165) is 0 Å². The standard InChI is InChI=1S/C24H21ClN2O4/c1-24(2,3)17-13-18(26-31-17)27-20(14-9-11-16(25)12-10-14)19(22(29)23(27)30)21(28)15-7-5-4-6-8-15/h4-13,19-20H,1-3H3. The molecule has 31 heavy (non-hydrogen) atoms. The van der Waals surface area contributed by atoms with E-state index in [-0.39, 0.29) is 11.2 Å². The normalized spacial score (nSPS) is 19.2. The van der Waals surface area contributed by atoms with Crippen LogP contribution in [0.25, 0.3) is 0 Å². The summed E-state index contributed by atoms with van der Waals surface area (Å²) in [5.41, 5.74) is 0.635. The predicted molar refractivity (Wildman–Crippen MR) is 116 cm³/mol. The van der Waals surface area contributed by atoms with Crippen molar-refractivity contribution in [2.75, 3.05) is 4.90 Å². The molecule has 2 aromatic carbocycles. The van der Waals surface area contributed by atoms with Crippen LogP contribution in [0.15, 0.2) is 65.2 Å². The van der Waals surface area contributed by atoms with Gasteiger partial charge in [-0.15, -0.1) is 0 Å². The molecular weight excluding hydrogens is 416 g/mol. The lowest BCUT2D eigenvalue weighted by Gasteiger charge is -2.25. The van der Waals surface area contributed by atoms with Gasteiger partial charge in [-0.2, -0.15) is 0 Å². The zero-order valence-corrected chi connectivity index (χ0v) is 18.1. The number of amides is 1. The Hall–Kier alpha value is -3.25. The number of aromatic nitrogens is 1. The quantitative estimate of drug-likeness (QED) is 0.334. The molecule has 4 rings (SSSR count). The van der Waals surface area contributed by atoms with Gasteiger partial charge in [0.25, 0.3) is 5.91 Å². The van der Waals surface area contributed by atoms with Crippen molar-refractivity contribution in [2.45, 2.75) is 32.2 Å². The minimum absolute atomic E-state index is 0.201. The molecule has 0 saturated carbocycles. The first kappa shape index (κ1) is 21.0. The van der Waals surface area contributed by atoms with Crippen LogP contribution in [0.3, 0.4) is 0 Å². The number of nitrogens with zero attached hydrogens (tertiary/aromatic N) is 2. The van der Waals surface area contributed by atoms with Crippen LogP contribution in [0.4, 0.5) is 5.82 Å². The number of hydrogen-bond acceptors (Lipinski definition) is 5. The van der Waals surface area contributed by atoms with Gasteiger partial charge in [-0.25, -0.2) is 0 Å². The first-order valence-corrected chi connectivity index (χ1v) is 10.3. The van der Waals surface area contributed by atoms with Crippen LogP contribution in [0.5, 0.6) is 0 Å². The van der Waals surface area contributed by atoms with Gasteiger partial charge in [0.1, 0.15) is 11.7 Å². The second kappa shape index (κ2) is 7.78. The summed E-state index contributed by atoms with van der Waals surface area (Å²) in [7, 11) is 0. The van der Waals surface area contributed by atoms with Crippen molar-refractivity contribution < 1.29 is 18.9 Å². The molecule has 3 aromatic rings. The lowest BCUT2D eigenvalue weighted by molar-refractivity contribution is -0.135.